The van der Waals surface area contributed by atoms with Crippen LogP contribution in [0.2, 0.25) is 0 Å². The van der Waals surface area contributed by atoms with E-state index in [1.165, 1.54) is 6.92 Å². The Kier molecular flexibility index (Phi) is 10.5. The van der Waals surface area contributed by atoms with Gasteiger partial charge in [-0.1, -0.05) is 18.6 Å². The predicted molar refractivity (Wildman–Crippen MR) is 174 cm³/mol. The van der Waals surface area contributed by atoms with E-state index in [1.54, 1.807) is 33.5 Å². The largest absolute Gasteiger partial charge is 0.493 e. The summed E-state index contributed by atoms with van der Waals surface area (Å²) in [7, 11) is 4.71. The molecule has 0 radical (unpaired) electrons. The van der Waals surface area contributed by atoms with Crippen LogP contribution in [0, 0.1) is 0 Å². The molecule has 0 spiro atoms. The van der Waals surface area contributed by atoms with Gasteiger partial charge in [-0.3, -0.25) is 14.4 Å². The second-order valence-electron chi connectivity index (χ2n) is 11.3. The summed E-state index contributed by atoms with van der Waals surface area (Å²) in [5.74, 6) is 2.74. The summed E-state index contributed by atoms with van der Waals surface area (Å²) in [5, 5.41) is 9.25. The van der Waals surface area contributed by atoms with Crippen LogP contribution in [0.25, 0.3) is 11.1 Å². The van der Waals surface area contributed by atoms with Gasteiger partial charge in [-0.05, 0) is 78.3 Å². The van der Waals surface area contributed by atoms with Gasteiger partial charge in [0.25, 0.3) is 0 Å². The van der Waals surface area contributed by atoms with Crippen molar-refractivity contribution in [3.63, 3.8) is 0 Å². The Bertz CT molecular complexity index is 1660. The number of rotatable bonds is 13. The standard InChI is InChI=1S/C35H41N3O8/c1-21(39)38-26-12-10-23-17-31(42-2)34(43-3)35(44-4)33(23)24-11-13-27(28(40)18-25(24)26)36-15-7-5-6-8-32(41)37-19-22-9-14-29-30(16-22)46-20-45-29/h9,11,13-14,16-18,26H,5-8,10,12,15,19-20H2,1-4H3,(H,36,40)(H,37,41)(H,38,39)/t26-/m1/s1. The lowest BCUT2D eigenvalue weighted by atomic mass is 9.95. The Balaban J connectivity index is 1.24. The highest BCUT2D eigenvalue weighted by molar-refractivity contribution is 5.83. The number of hydrogen-bond acceptors (Lipinski definition) is 9. The van der Waals surface area contributed by atoms with Gasteiger partial charge in [0.05, 0.1) is 33.1 Å². The summed E-state index contributed by atoms with van der Waals surface area (Å²) in [6.45, 7) is 2.69. The molecular formula is C35H41N3O8. The lowest BCUT2D eigenvalue weighted by Crippen LogP contribution is -2.26. The van der Waals surface area contributed by atoms with E-state index in [-0.39, 0.29) is 30.1 Å². The first-order valence-corrected chi connectivity index (χ1v) is 15.5. The average molecular weight is 632 g/mol. The van der Waals surface area contributed by atoms with Crippen LogP contribution in [-0.2, 0) is 22.6 Å². The van der Waals surface area contributed by atoms with Crippen molar-refractivity contribution >= 4 is 17.5 Å². The molecule has 0 aromatic heterocycles. The summed E-state index contributed by atoms with van der Waals surface area (Å²) in [4.78, 5) is 38.0. The molecule has 11 nitrogen and oxygen atoms in total. The number of amides is 2. The fourth-order valence-corrected chi connectivity index (χ4v) is 6.00. The molecule has 0 saturated carbocycles. The second kappa shape index (κ2) is 14.9. The molecule has 0 fully saturated rings. The molecule has 11 heteroatoms. The zero-order chi connectivity index (χ0) is 32.6. The molecule has 1 aliphatic carbocycles. The zero-order valence-corrected chi connectivity index (χ0v) is 26.7. The van der Waals surface area contributed by atoms with Gasteiger partial charge >= 0.3 is 0 Å². The van der Waals surface area contributed by atoms with E-state index >= 15 is 0 Å². The Morgan fingerprint density at radius 1 is 0.913 bits per heavy atom. The topological polar surface area (TPSA) is 133 Å². The van der Waals surface area contributed by atoms with E-state index in [2.05, 4.69) is 16.0 Å². The summed E-state index contributed by atoms with van der Waals surface area (Å²) < 4.78 is 27.8. The van der Waals surface area contributed by atoms with Gasteiger partial charge in [-0.2, -0.15) is 0 Å². The molecule has 2 aliphatic rings. The van der Waals surface area contributed by atoms with E-state index in [4.69, 9.17) is 23.7 Å². The van der Waals surface area contributed by atoms with Crippen molar-refractivity contribution < 1.29 is 33.3 Å². The molecule has 3 aromatic rings. The number of hydrogen-bond donors (Lipinski definition) is 3. The SMILES string of the molecule is COc1cc2c(c(OC)c1OC)-c1ccc(NCCCCCC(=O)NCc3ccc4c(c3)OCO4)c(=O)cc1[C@H](NC(C)=O)CC2. The number of ether oxygens (including phenoxy) is 5. The highest BCUT2D eigenvalue weighted by Gasteiger charge is 2.29. The maximum atomic E-state index is 13.5. The molecular weight excluding hydrogens is 590 g/mol. The first-order valence-electron chi connectivity index (χ1n) is 15.5. The van der Waals surface area contributed by atoms with E-state index < -0.39 is 0 Å². The third kappa shape index (κ3) is 7.30. The van der Waals surface area contributed by atoms with Crippen molar-refractivity contribution in [3.8, 4) is 39.9 Å². The van der Waals surface area contributed by atoms with Crippen molar-refractivity contribution in [2.24, 2.45) is 0 Å². The molecule has 3 aromatic carbocycles. The second-order valence-corrected chi connectivity index (χ2v) is 11.3. The van der Waals surface area contributed by atoms with Crippen LogP contribution in [0.1, 0.15) is 61.8 Å². The minimum atomic E-state index is -0.370. The molecule has 0 unspecified atom stereocenters. The van der Waals surface area contributed by atoms with Crippen molar-refractivity contribution in [2.45, 2.75) is 58.0 Å². The molecule has 46 heavy (non-hydrogen) atoms. The van der Waals surface area contributed by atoms with Gasteiger partial charge in [0.1, 0.15) is 0 Å². The van der Waals surface area contributed by atoms with Gasteiger partial charge in [-0.25, -0.2) is 0 Å². The average Bonchev–Trinajstić information content (AvgIpc) is 3.40. The van der Waals surface area contributed by atoms with Gasteiger partial charge in [0, 0.05) is 32.0 Å². The fourth-order valence-electron chi connectivity index (χ4n) is 6.00. The zero-order valence-electron chi connectivity index (χ0n) is 26.7. The molecule has 2 amide bonds. The van der Waals surface area contributed by atoms with Crippen LogP contribution in [0.4, 0.5) is 5.69 Å². The normalized spacial score (nSPS) is 14.3. The molecule has 1 aliphatic heterocycles. The Hall–Kier alpha value is -4.93. The number of unbranched alkanes of at least 4 members (excludes halogenated alkanes) is 2. The Morgan fingerprint density at radius 2 is 1.72 bits per heavy atom. The van der Waals surface area contributed by atoms with Crippen molar-refractivity contribution in [2.75, 3.05) is 40.0 Å². The van der Waals surface area contributed by atoms with E-state index in [1.807, 2.05) is 30.3 Å². The summed E-state index contributed by atoms with van der Waals surface area (Å²) in [5.41, 5.74) is 4.50. The third-order valence-electron chi connectivity index (χ3n) is 8.24. The molecule has 3 N–H and O–H groups in total. The molecule has 1 atom stereocenters. The maximum absolute atomic E-state index is 13.5. The summed E-state index contributed by atoms with van der Waals surface area (Å²) in [6, 6.07) is 12.5. The molecule has 244 valence electrons. The fraction of sp³-hybridized carbons (Fsp3) is 0.400. The first kappa shape index (κ1) is 32.5. The third-order valence-corrected chi connectivity index (χ3v) is 8.24. The highest BCUT2D eigenvalue weighted by atomic mass is 16.7. The van der Waals surface area contributed by atoms with Crippen LogP contribution >= 0.6 is 0 Å². The molecule has 0 saturated heterocycles. The van der Waals surface area contributed by atoms with Gasteiger partial charge < -0.3 is 39.6 Å². The molecule has 5 rings (SSSR count). The Labute approximate surface area is 268 Å². The van der Waals surface area contributed by atoms with Crippen LogP contribution in [0.5, 0.6) is 28.7 Å². The number of carbonyl (C=O) groups excluding carboxylic acids is 2. The van der Waals surface area contributed by atoms with Gasteiger partial charge in [0.2, 0.25) is 29.8 Å². The summed E-state index contributed by atoms with van der Waals surface area (Å²) >= 11 is 0. The molecule has 0 bridgehead atoms. The predicted octanol–water partition coefficient (Wildman–Crippen LogP) is 4.88. The number of carbonyl (C=O) groups is 2. The first-order chi connectivity index (χ1) is 22.3. The minimum absolute atomic E-state index is 0.0114. The van der Waals surface area contributed by atoms with Crippen LogP contribution < -0.4 is 45.1 Å². The summed E-state index contributed by atoms with van der Waals surface area (Å²) in [6.07, 6.45) is 3.99. The molecule has 1 heterocycles. The van der Waals surface area contributed by atoms with Crippen LogP contribution in [0.3, 0.4) is 0 Å². The van der Waals surface area contributed by atoms with E-state index in [9.17, 15) is 14.4 Å². The highest BCUT2D eigenvalue weighted by Crippen LogP contribution is 2.50. The number of aryl methyl sites for hydroxylation is 1. The van der Waals surface area contributed by atoms with Crippen LogP contribution in [0.15, 0.2) is 47.3 Å². The van der Waals surface area contributed by atoms with E-state index in [0.717, 1.165) is 41.5 Å². The van der Waals surface area contributed by atoms with Crippen molar-refractivity contribution in [3.05, 3.63) is 69.4 Å². The monoisotopic (exact) mass is 631 g/mol. The van der Waals surface area contributed by atoms with Crippen LogP contribution in [-0.4, -0.2) is 46.5 Å². The van der Waals surface area contributed by atoms with E-state index in [0.29, 0.717) is 72.4 Å². The lowest BCUT2D eigenvalue weighted by molar-refractivity contribution is -0.121. The number of nitrogens with one attached hydrogen (secondary N) is 3. The number of fused-ring (bicyclic) bond motifs is 4. The Morgan fingerprint density at radius 3 is 2.48 bits per heavy atom. The quantitative estimate of drug-likeness (QED) is 0.226. The smallest absolute Gasteiger partial charge is 0.231 e. The van der Waals surface area contributed by atoms with Gasteiger partial charge in [-0.15, -0.1) is 0 Å². The lowest BCUT2D eigenvalue weighted by Gasteiger charge is -2.19. The number of benzene rings is 2. The number of anilines is 1. The maximum Gasteiger partial charge on any atom is 0.231 e. The number of methoxy groups -OCH3 is 3. The van der Waals surface area contributed by atoms with Gasteiger partial charge in [0.15, 0.2) is 23.0 Å². The minimum Gasteiger partial charge on any atom is -0.493 e. The van der Waals surface area contributed by atoms with Crippen molar-refractivity contribution in [1.29, 1.82) is 0 Å². The van der Waals surface area contributed by atoms with Crippen molar-refractivity contribution in [1.82, 2.24) is 10.6 Å².